The fourth-order valence-electron chi connectivity index (χ4n) is 1.53. The largest absolute Gasteiger partial charge is 0.395 e. The lowest BCUT2D eigenvalue weighted by Gasteiger charge is -2.21. The minimum absolute atomic E-state index is 0.115. The van der Waals surface area contributed by atoms with Gasteiger partial charge in [0.25, 0.3) is 0 Å². The number of aliphatic hydroxyl groups is 1. The maximum Gasteiger partial charge on any atom is 0.0595 e. The highest BCUT2D eigenvalue weighted by Crippen LogP contribution is 2.25. The molecule has 0 aliphatic rings. The monoisotopic (exact) mass is 261 g/mol. The van der Waals surface area contributed by atoms with E-state index in [9.17, 15) is 0 Å². The topological polar surface area (TPSA) is 32.3 Å². The Bertz CT molecular complexity index is 340. The van der Waals surface area contributed by atoms with E-state index in [1.165, 1.54) is 0 Å². The third-order valence-electron chi connectivity index (χ3n) is 2.64. The van der Waals surface area contributed by atoms with Crippen molar-refractivity contribution in [2.24, 2.45) is 0 Å². The van der Waals surface area contributed by atoms with Crippen LogP contribution < -0.4 is 5.32 Å². The fraction of sp³-hybridized carbons (Fsp3) is 0.500. The summed E-state index contributed by atoms with van der Waals surface area (Å²) in [5, 5.41) is 13.6. The molecule has 90 valence electrons. The number of nitrogens with one attached hydrogen (secondary N) is 1. The van der Waals surface area contributed by atoms with Crippen LogP contribution in [0, 0.1) is 0 Å². The molecule has 2 nitrogen and oxygen atoms in total. The second-order valence-electron chi connectivity index (χ2n) is 3.85. The van der Waals surface area contributed by atoms with Gasteiger partial charge in [-0.05, 0) is 31.0 Å². The molecule has 0 spiro atoms. The summed E-state index contributed by atoms with van der Waals surface area (Å²) in [5.41, 5.74) is 1.07. The van der Waals surface area contributed by atoms with Crippen LogP contribution >= 0.6 is 23.2 Å². The Hall–Kier alpha value is -0.280. The zero-order chi connectivity index (χ0) is 12.1. The first kappa shape index (κ1) is 13.8. The molecule has 0 heterocycles. The average molecular weight is 262 g/mol. The summed E-state index contributed by atoms with van der Waals surface area (Å²) in [6, 6.07) is 5.84. The molecule has 1 unspecified atom stereocenters. The predicted octanol–water partition coefficient (Wildman–Crippen LogP) is 3.41. The zero-order valence-electron chi connectivity index (χ0n) is 9.50. The van der Waals surface area contributed by atoms with E-state index in [0.717, 1.165) is 12.0 Å². The van der Waals surface area contributed by atoms with Gasteiger partial charge in [-0.3, -0.25) is 0 Å². The van der Waals surface area contributed by atoms with E-state index in [2.05, 4.69) is 5.32 Å². The molecule has 0 aliphatic carbocycles. The molecule has 0 saturated carbocycles. The smallest absolute Gasteiger partial charge is 0.0595 e. The number of rotatable bonds is 5. The first-order chi connectivity index (χ1) is 7.58. The minimum atomic E-state index is 0.115. The molecule has 0 radical (unpaired) electrons. The van der Waals surface area contributed by atoms with E-state index in [-0.39, 0.29) is 18.7 Å². The van der Waals surface area contributed by atoms with Crippen molar-refractivity contribution in [2.75, 3.05) is 6.61 Å². The van der Waals surface area contributed by atoms with Crippen molar-refractivity contribution in [2.45, 2.75) is 32.4 Å². The highest BCUT2D eigenvalue weighted by Gasteiger charge is 2.11. The molecule has 1 rings (SSSR count). The molecule has 0 saturated heterocycles. The van der Waals surface area contributed by atoms with Crippen LogP contribution in [0.4, 0.5) is 0 Å². The summed E-state index contributed by atoms with van der Waals surface area (Å²) in [7, 11) is 0. The zero-order valence-corrected chi connectivity index (χ0v) is 11.0. The lowest BCUT2D eigenvalue weighted by molar-refractivity contribution is 0.230. The van der Waals surface area contributed by atoms with Crippen LogP contribution in [-0.2, 0) is 0 Å². The van der Waals surface area contributed by atoms with Gasteiger partial charge in [0.1, 0.15) is 0 Å². The molecule has 0 amide bonds. The maximum atomic E-state index is 9.11. The van der Waals surface area contributed by atoms with Crippen LogP contribution in [0.2, 0.25) is 10.0 Å². The third kappa shape index (κ3) is 3.63. The number of hydrogen-bond acceptors (Lipinski definition) is 2. The molecular weight excluding hydrogens is 245 g/mol. The normalized spacial score (nSPS) is 14.8. The Morgan fingerprint density at radius 3 is 2.50 bits per heavy atom. The molecule has 0 aliphatic heterocycles. The highest BCUT2D eigenvalue weighted by molar-refractivity contribution is 6.42. The third-order valence-corrected chi connectivity index (χ3v) is 3.38. The molecule has 2 atom stereocenters. The molecule has 1 aromatic carbocycles. The van der Waals surface area contributed by atoms with Crippen LogP contribution in [0.1, 0.15) is 31.9 Å². The summed E-state index contributed by atoms with van der Waals surface area (Å²) < 4.78 is 0. The Balaban J connectivity index is 2.72. The van der Waals surface area contributed by atoms with Gasteiger partial charge in [0, 0.05) is 12.1 Å². The van der Waals surface area contributed by atoms with Crippen molar-refractivity contribution < 1.29 is 5.11 Å². The summed E-state index contributed by atoms with van der Waals surface area (Å²) in [6.07, 6.45) is 0.891. The van der Waals surface area contributed by atoms with E-state index in [4.69, 9.17) is 28.3 Å². The Morgan fingerprint density at radius 1 is 1.31 bits per heavy atom. The second kappa shape index (κ2) is 6.45. The van der Waals surface area contributed by atoms with Crippen LogP contribution in [0.25, 0.3) is 0 Å². The van der Waals surface area contributed by atoms with Crippen LogP contribution in [0.3, 0.4) is 0 Å². The van der Waals surface area contributed by atoms with Gasteiger partial charge in [0.2, 0.25) is 0 Å². The van der Waals surface area contributed by atoms with Crippen LogP contribution in [-0.4, -0.2) is 17.8 Å². The molecule has 0 fully saturated rings. The summed E-state index contributed by atoms with van der Waals surface area (Å²) in [5.74, 6) is 0. The molecule has 1 aromatic rings. The second-order valence-corrected chi connectivity index (χ2v) is 4.66. The van der Waals surface area contributed by atoms with Gasteiger partial charge in [-0.1, -0.05) is 36.2 Å². The molecule has 0 bridgehead atoms. The van der Waals surface area contributed by atoms with Gasteiger partial charge in [-0.15, -0.1) is 0 Å². The van der Waals surface area contributed by atoms with Gasteiger partial charge < -0.3 is 10.4 Å². The molecule has 4 heteroatoms. The Morgan fingerprint density at radius 2 is 2.00 bits per heavy atom. The van der Waals surface area contributed by atoms with Crippen molar-refractivity contribution in [1.29, 1.82) is 0 Å². The standard InChI is InChI=1S/C12H17Cl2NO/c1-3-10(7-16)15-8(2)9-4-5-11(13)12(14)6-9/h4-6,8,10,15-16H,3,7H2,1-2H3/t8?,10-/m0/s1. The number of halogens is 2. The van der Waals surface area contributed by atoms with E-state index in [1.54, 1.807) is 6.07 Å². The minimum Gasteiger partial charge on any atom is -0.395 e. The van der Waals surface area contributed by atoms with Crippen molar-refractivity contribution in [3.63, 3.8) is 0 Å². The van der Waals surface area contributed by atoms with Gasteiger partial charge in [-0.2, -0.15) is 0 Å². The molecular formula is C12H17Cl2NO. The van der Waals surface area contributed by atoms with Gasteiger partial charge >= 0.3 is 0 Å². The quantitative estimate of drug-likeness (QED) is 0.852. The van der Waals surface area contributed by atoms with Gasteiger partial charge in [0.05, 0.1) is 16.7 Å². The average Bonchev–Trinajstić information content (AvgIpc) is 2.29. The van der Waals surface area contributed by atoms with Crippen molar-refractivity contribution in [3.05, 3.63) is 33.8 Å². The summed E-state index contributed by atoms with van der Waals surface area (Å²) in [4.78, 5) is 0. The van der Waals surface area contributed by atoms with E-state index in [0.29, 0.717) is 10.0 Å². The van der Waals surface area contributed by atoms with Crippen molar-refractivity contribution in [3.8, 4) is 0 Å². The summed E-state index contributed by atoms with van der Waals surface area (Å²) >= 11 is 11.8. The van der Waals surface area contributed by atoms with Crippen molar-refractivity contribution in [1.82, 2.24) is 5.32 Å². The number of aliphatic hydroxyl groups excluding tert-OH is 1. The van der Waals surface area contributed by atoms with Gasteiger partial charge in [0.15, 0.2) is 0 Å². The highest BCUT2D eigenvalue weighted by atomic mass is 35.5. The lowest BCUT2D eigenvalue weighted by atomic mass is 10.1. The SMILES string of the molecule is CC[C@@H](CO)NC(C)c1ccc(Cl)c(Cl)c1. The molecule has 0 aromatic heterocycles. The molecule has 2 N–H and O–H groups in total. The van der Waals surface area contributed by atoms with E-state index >= 15 is 0 Å². The Kier molecular flexibility index (Phi) is 5.56. The van der Waals surface area contributed by atoms with Crippen LogP contribution in [0.5, 0.6) is 0 Å². The van der Waals surface area contributed by atoms with Crippen molar-refractivity contribution >= 4 is 23.2 Å². The number of benzene rings is 1. The lowest BCUT2D eigenvalue weighted by Crippen LogP contribution is -2.33. The Labute approximate surface area is 107 Å². The number of hydrogen-bond donors (Lipinski definition) is 2. The maximum absolute atomic E-state index is 9.11. The molecule has 16 heavy (non-hydrogen) atoms. The first-order valence-electron chi connectivity index (χ1n) is 5.40. The fourth-order valence-corrected chi connectivity index (χ4v) is 1.84. The first-order valence-corrected chi connectivity index (χ1v) is 6.16. The van der Waals surface area contributed by atoms with E-state index in [1.807, 2.05) is 26.0 Å². The summed E-state index contributed by atoms with van der Waals surface area (Å²) in [6.45, 7) is 4.22. The van der Waals surface area contributed by atoms with Gasteiger partial charge in [-0.25, -0.2) is 0 Å². The predicted molar refractivity (Wildman–Crippen MR) is 69.2 cm³/mol. The van der Waals surface area contributed by atoms with E-state index < -0.39 is 0 Å². The van der Waals surface area contributed by atoms with Crippen LogP contribution in [0.15, 0.2) is 18.2 Å².